The van der Waals surface area contributed by atoms with Crippen LogP contribution < -0.4 is 11.1 Å². The zero-order valence-corrected chi connectivity index (χ0v) is 14.5. The molecule has 3 saturated heterocycles. The van der Waals surface area contributed by atoms with E-state index in [1.54, 1.807) is 0 Å². The van der Waals surface area contributed by atoms with E-state index in [2.05, 4.69) is 10.3 Å². The Hall–Kier alpha value is -0.680. The summed E-state index contributed by atoms with van der Waals surface area (Å²) in [6.45, 7) is 1.22. The summed E-state index contributed by atoms with van der Waals surface area (Å²) in [5, 5.41) is 2.49. The van der Waals surface area contributed by atoms with Gasteiger partial charge in [-0.2, -0.15) is 13.2 Å². The molecule has 2 unspecified atom stereocenters. The van der Waals surface area contributed by atoms with E-state index < -0.39 is 41.9 Å². The van der Waals surface area contributed by atoms with E-state index in [-0.39, 0.29) is 12.6 Å². The molecule has 0 bridgehead atoms. The van der Waals surface area contributed by atoms with Gasteiger partial charge in [-0.3, -0.25) is 20.5 Å². The van der Waals surface area contributed by atoms with Gasteiger partial charge in [0.1, 0.15) is 18.3 Å². The van der Waals surface area contributed by atoms with Crippen molar-refractivity contribution in [2.75, 3.05) is 39.9 Å². The van der Waals surface area contributed by atoms with Crippen molar-refractivity contribution >= 4 is 17.4 Å². The number of halogens is 5. The predicted octanol–water partition coefficient (Wildman–Crippen LogP) is 0.513. The minimum absolute atomic E-state index is 0.151. The van der Waals surface area contributed by atoms with Gasteiger partial charge in [0.05, 0.1) is 19.3 Å². The Labute approximate surface area is 148 Å². The molecule has 11 heteroatoms. The molecule has 4 atom stereocenters. The van der Waals surface area contributed by atoms with Crippen LogP contribution in [0, 0.1) is 0 Å². The molecule has 0 radical (unpaired) electrons. The van der Waals surface area contributed by atoms with Crippen molar-refractivity contribution in [2.24, 2.45) is 10.7 Å². The van der Waals surface area contributed by atoms with Crippen molar-refractivity contribution in [1.29, 1.82) is 0 Å². The molecule has 0 aromatic rings. The number of ether oxygens (including phenoxy) is 1. The molecule has 0 saturated carbocycles. The van der Waals surface area contributed by atoms with Gasteiger partial charge in [0.25, 0.3) is 0 Å². The molecule has 6 nitrogen and oxygen atoms in total. The van der Waals surface area contributed by atoms with Gasteiger partial charge < -0.3 is 10.1 Å². The summed E-state index contributed by atoms with van der Waals surface area (Å²) in [6.07, 6.45) is -6.67. The molecule has 144 valence electrons. The van der Waals surface area contributed by atoms with Gasteiger partial charge in [-0.25, -0.2) is 4.39 Å². The standard InChI is InChI=1S/C14H22ClF4N5O/c1-21-11-13(15,14(17,18)19)7-24(12(20)22-11)10-2-3-23(4-9(10)16)8-5-25-6-8/h8-10,12H,2-7,20H2,1H3,(H,21,22)/t9-,10+,12?,13?/m0/s1. The van der Waals surface area contributed by atoms with Gasteiger partial charge in [0.15, 0.2) is 0 Å². The fourth-order valence-electron chi connectivity index (χ4n) is 3.61. The average molecular weight is 388 g/mol. The van der Waals surface area contributed by atoms with Gasteiger partial charge >= 0.3 is 6.18 Å². The quantitative estimate of drug-likeness (QED) is 0.534. The second-order valence-corrected chi connectivity index (χ2v) is 7.34. The topological polar surface area (TPSA) is 66.1 Å². The summed E-state index contributed by atoms with van der Waals surface area (Å²) in [7, 11) is 1.21. The fraction of sp³-hybridized carbons (Fsp3) is 0.929. The highest BCUT2D eigenvalue weighted by atomic mass is 35.5. The minimum Gasteiger partial charge on any atom is -0.378 e. The number of alkyl halides is 5. The van der Waals surface area contributed by atoms with E-state index in [1.165, 1.54) is 11.9 Å². The molecular weight excluding hydrogens is 366 g/mol. The Morgan fingerprint density at radius 2 is 2.08 bits per heavy atom. The van der Waals surface area contributed by atoms with Gasteiger partial charge in [-0.05, 0) is 6.42 Å². The number of amidine groups is 1. The summed E-state index contributed by atoms with van der Waals surface area (Å²) < 4.78 is 60.4. The molecule has 0 aromatic heterocycles. The molecule has 0 amide bonds. The third-order valence-electron chi connectivity index (χ3n) is 5.19. The maximum Gasteiger partial charge on any atom is 0.415 e. The van der Waals surface area contributed by atoms with Crippen LogP contribution in [0.25, 0.3) is 0 Å². The number of hydrogen-bond acceptors (Lipinski definition) is 5. The van der Waals surface area contributed by atoms with E-state index >= 15 is 0 Å². The van der Waals surface area contributed by atoms with Gasteiger partial charge in [-0.1, -0.05) is 11.6 Å². The first-order chi connectivity index (χ1) is 11.7. The van der Waals surface area contributed by atoms with E-state index in [9.17, 15) is 17.6 Å². The van der Waals surface area contributed by atoms with Crippen molar-refractivity contribution in [3.63, 3.8) is 0 Å². The molecule has 3 N–H and O–H groups in total. The van der Waals surface area contributed by atoms with Crippen LogP contribution in [-0.4, -0.2) is 91.1 Å². The second-order valence-electron chi connectivity index (χ2n) is 6.69. The second kappa shape index (κ2) is 6.80. The summed E-state index contributed by atoms with van der Waals surface area (Å²) in [5.74, 6) is -0.440. The van der Waals surface area contributed by atoms with Crippen molar-refractivity contribution in [3.05, 3.63) is 0 Å². The van der Waals surface area contributed by atoms with Crippen LogP contribution in [0.1, 0.15) is 6.42 Å². The molecule has 3 aliphatic rings. The Balaban J connectivity index is 1.75. The molecule has 3 heterocycles. The van der Waals surface area contributed by atoms with Crippen molar-refractivity contribution in [1.82, 2.24) is 15.1 Å². The highest BCUT2D eigenvalue weighted by Gasteiger charge is 2.62. The summed E-state index contributed by atoms with van der Waals surface area (Å²) >= 11 is 5.89. The molecule has 0 aromatic carbocycles. The largest absolute Gasteiger partial charge is 0.415 e. The Morgan fingerprint density at radius 3 is 2.56 bits per heavy atom. The maximum absolute atomic E-state index is 14.7. The lowest BCUT2D eigenvalue weighted by molar-refractivity contribution is -0.160. The van der Waals surface area contributed by atoms with Crippen LogP contribution in [0.15, 0.2) is 4.99 Å². The normalized spacial score (nSPS) is 40.8. The van der Waals surface area contributed by atoms with E-state index in [1.807, 2.05) is 4.90 Å². The molecule has 0 aliphatic carbocycles. The third-order valence-corrected chi connectivity index (χ3v) is 5.70. The molecule has 3 fully saturated rings. The Morgan fingerprint density at radius 1 is 1.40 bits per heavy atom. The zero-order chi connectivity index (χ0) is 18.4. The van der Waals surface area contributed by atoms with E-state index in [0.29, 0.717) is 26.2 Å². The summed E-state index contributed by atoms with van der Waals surface area (Å²) in [5.41, 5.74) is 5.94. The number of nitrogens with zero attached hydrogens (tertiary/aromatic N) is 3. The first-order valence-corrected chi connectivity index (χ1v) is 8.52. The maximum atomic E-state index is 14.7. The molecule has 3 rings (SSSR count). The first kappa shape index (κ1) is 19.1. The van der Waals surface area contributed by atoms with Crippen molar-refractivity contribution in [2.45, 2.75) is 42.0 Å². The van der Waals surface area contributed by atoms with Crippen LogP contribution in [-0.2, 0) is 4.74 Å². The minimum atomic E-state index is -4.75. The summed E-state index contributed by atoms with van der Waals surface area (Å²) in [6, 6.07) is -0.549. The number of piperidine rings is 1. The third kappa shape index (κ3) is 3.34. The highest BCUT2D eigenvalue weighted by Crippen LogP contribution is 2.41. The number of rotatable bonds is 2. The van der Waals surface area contributed by atoms with Crippen LogP contribution in [0.3, 0.4) is 0 Å². The monoisotopic (exact) mass is 387 g/mol. The first-order valence-electron chi connectivity index (χ1n) is 8.14. The van der Waals surface area contributed by atoms with Gasteiger partial charge in [-0.15, -0.1) is 0 Å². The van der Waals surface area contributed by atoms with Crippen LogP contribution >= 0.6 is 11.6 Å². The lowest BCUT2D eigenvalue weighted by Crippen LogP contribution is -2.75. The zero-order valence-electron chi connectivity index (χ0n) is 13.8. The van der Waals surface area contributed by atoms with E-state index in [0.717, 1.165) is 0 Å². The van der Waals surface area contributed by atoms with Gasteiger partial charge in [0.2, 0.25) is 4.87 Å². The highest BCUT2D eigenvalue weighted by molar-refractivity contribution is 6.37. The Bertz CT molecular complexity index is 532. The van der Waals surface area contributed by atoms with Crippen molar-refractivity contribution < 1.29 is 22.3 Å². The molecule has 3 aliphatic heterocycles. The lowest BCUT2D eigenvalue weighted by Gasteiger charge is -2.51. The number of nitrogens with one attached hydrogen (secondary N) is 1. The van der Waals surface area contributed by atoms with Crippen molar-refractivity contribution in [3.8, 4) is 0 Å². The molecular formula is C14H22ClF4N5O. The lowest BCUT2D eigenvalue weighted by atomic mass is 9.95. The Kier molecular flexibility index (Phi) is 5.20. The predicted molar refractivity (Wildman–Crippen MR) is 85.3 cm³/mol. The smallest absolute Gasteiger partial charge is 0.378 e. The SMILES string of the molecule is CN=C1NC(N)N([C@@H]2CCN(C3COC3)C[C@@H]2F)CC1(Cl)C(F)(F)F. The average Bonchev–Trinajstić information content (AvgIpc) is 2.47. The number of nitrogens with two attached hydrogens (primary N) is 1. The number of aliphatic imine (C=N–C) groups is 1. The number of hydrogen-bond donors (Lipinski definition) is 2. The van der Waals surface area contributed by atoms with E-state index in [4.69, 9.17) is 22.1 Å². The molecule has 25 heavy (non-hydrogen) atoms. The molecule has 0 spiro atoms. The van der Waals surface area contributed by atoms with Gasteiger partial charge in [0, 0.05) is 32.7 Å². The summed E-state index contributed by atoms with van der Waals surface area (Å²) in [4.78, 5) is 4.12. The van der Waals surface area contributed by atoms with Crippen LogP contribution in [0.5, 0.6) is 0 Å². The van der Waals surface area contributed by atoms with Crippen LogP contribution in [0.2, 0.25) is 0 Å². The van der Waals surface area contributed by atoms with Crippen LogP contribution in [0.4, 0.5) is 17.6 Å². The fourth-order valence-corrected chi connectivity index (χ4v) is 3.88. The number of likely N-dealkylation sites (tertiary alicyclic amines) is 1.